The molecular formula is C16H29BN2O3. The second-order valence-electron chi connectivity index (χ2n) is 6.69. The molecule has 0 bridgehead atoms. The molecule has 1 N–H and O–H groups in total. The topological polar surface area (TPSA) is 66.5 Å². The number of likely N-dealkylation sites (tertiary alicyclic amines) is 1. The summed E-state index contributed by atoms with van der Waals surface area (Å²) in [6.45, 7) is 9.97. The number of nitrogens with one attached hydrogen (secondary N) is 1. The summed E-state index contributed by atoms with van der Waals surface area (Å²) in [6, 6.07) is -0.167. The maximum Gasteiger partial charge on any atom is 0.286 e. The number of rotatable bonds is 9. The van der Waals surface area contributed by atoms with Crippen LogP contribution in [0.3, 0.4) is 0 Å². The molecule has 1 fully saturated rings. The van der Waals surface area contributed by atoms with Crippen molar-refractivity contribution in [2.75, 3.05) is 6.54 Å². The average Bonchev–Trinajstić information content (AvgIpc) is 3.00. The largest absolute Gasteiger partial charge is 0.341 e. The highest BCUT2D eigenvalue weighted by Gasteiger charge is 2.43. The van der Waals surface area contributed by atoms with Crippen molar-refractivity contribution in [2.45, 2.75) is 77.4 Å². The van der Waals surface area contributed by atoms with E-state index in [0.29, 0.717) is 12.8 Å². The van der Waals surface area contributed by atoms with Crippen molar-refractivity contribution in [1.29, 1.82) is 0 Å². The molecule has 0 aromatic rings. The molecule has 6 heteroatoms. The van der Waals surface area contributed by atoms with Crippen LogP contribution in [-0.2, 0) is 14.4 Å². The Kier molecular flexibility index (Phi) is 6.50. The molecule has 0 radical (unpaired) electrons. The first-order valence-corrected chi connectivity index (χ1v) is 8.26. The summed E-state index contributed by atoms with van der Waals surface area (Å²) >= 11 is 0. The first-order chi connectivity index (χ1) is 10.2. The Labute approximate surface area is 134 Å². The molecule has 22 heavy (non-hydrogen) atoms. The molecule has 0 aliphatic carbocycles. The van der Waals surface area contributed by atoms with Gasteiger partial charge in [-0.2, -0.15) is 0 Å². The van der Waals surface area contributed by atoms with Gasteiger partial charge in [0.05, 0.1) is 17.1 Å². The highest BCUT2D eigenvalue weighted by Crippen LogP contribution is 2.29. The molecule has 0 saturated carbocycles. The lowest BCUT2D eigenvalue weighted by molar-refractivity contribution is -0.125. The van der Waals surface area contributed by atoms with E-state index >= 15 is 0 Å². The lowest BCUT2D eigenvalue weighted by Crippen LogP contribution is -2.60. The minimum absolute atomic E-state index is 0.0351. The molecule has 1 saturated heterocycles. The van der Waals surface area contributed by atoms with Gasteiger partial charge in [0, 0.05) is 0 Å². The molecule has 1 rings (SSSR count). The SMILES string of the molecule is CCC(C)(NBC(=O)C(C)(CC)N1CCCC1C=O)C(C)=O. The Balaban J connectivity index is 2.84. The van der Waals surface area contributed by atoms with Crippen molar-refractivity contribution in [3.63, 3.8) is 0 Å². The van der Waals surface area contributed by atoms with E-state index in [-0.39, 0.29) is 24.9 Å². The third-order valence-corrected chi connectivity index (χ3v) is 5.50. The third kappa shape index (κ3) is 3.66. The molecule has 3 atom stereocenters. The van der Waals surface area contributed by atoms with Crippen molar-refractivity contribution < 1.29 is 14.4 Å². The van der Waals surface area contributed by atoms with E-state index in [0.717, 1.165) is 25.7 Å². The second kappa shape index (κ2) is 7.51. The van der Waals surface area contributed by atoms with Gasteiger partial charge >= 0.3 is 0 Å². The van der Waals surface area contributed by atoms with Crippen molar-refractivity contribution in [3.05, 3.63) is 0 Å². The Hall–Kier alpha value is -1.01. The molecule has 0 amide bonds. The zero-order valence-electron chi connectivity index (χ0n) is 14.6. The predicted octanol–water partition coefficient (Wildman–Crippen LogP) is 1.04. The minimum Gasteiger partial charge on any atom is -0.341 e. The molecular weight excluding hydrogens is 279 g/mol. The quantitative estimate of drug-likeness (QED) is 0.509. The van der Waals surface area contributed by atoms with Crippen LogP contribution in [0.15, 0.2) is 0 Å². The van der Waals surface area contributed by atoms with Gasteiger partial charge in [0.25, 0.3) is 7.41 Å². The minimum atomic E-state index is -0.667. The summed E-state index contributed by atoms with van der Waals surface area (Å²) in [5.74, 6) is 0.0351. The van der Waals surface area contributed by atoms with Gasteiger partial charge in [-0.05, 0) is 53.0 Å². The molecule has 0 aromatic heterocycles. The first-order valence-electron chi connectivity index (χ1n) is 8.26. The van der Waals surface area contributed by atoms with Crippen LogP contribution in [-0.4, -0.2) is 53.7 Å². The number of ketones is 1. The Morgan fingerprint density at radius 1 is 1.32 bits per heavy atom. The summed E-state index contributed by atoms with van der Waals surface area (Å²) in [5, 5.41) is 3.13. The average molecular weight is 308 g/mol. The normalized spacial score (nSPS) is 24.3. The Bertz CT molecular complexity index is 443. The smallest absolute Gasteiger partial charge is 0.286 e. The highest BCUT2D eigenvalue weighted by atomic mass is 16.1. The van der Waals surface area contributed by atoms with Crippen molar-refractivity contribution >= 4 is 25.2 Å². The molecule has 1 aliphatic heterocycles. The Morgan fingerprint density at radius 3 is 2.41 bits per heavy atom. The molecule has 1 heterocycles. The van der Waals surface area contributed by atoms with Crippen LogP contribution < -0.4 is 5.23 Å². The monoisotopic (exact) mass is 308 g/mol. The molecule has 1 aliphatic rings. The van der Waals surface area contributed by atoms with E-state index < -0.39 is 11.1 Å². The van der Waals surface area contributed by atoms with Gasteiger partial charge in [-0.25, -0.2) is 0 Å². The van der Waals surface area contributed by atoms with Gasteiger partial charge in [0.15, 0.2) is 0 Å². The molecule has 0 aromatic carbocycles. The van der Waals surface area contributed by atoms with Crippen LogP contribution in [0.4, 0.5) is 0 Å². The maximum absolute atomic E-state index is 12.8. The number of carbonyl (C=O) groups is 3. The van der Waals surface area contributed by atoms with Crippen molar-refractivity contribution in [2.24, 2.45) is 0 Å². The maximum atomic E-state index is 12.8. The second-order valence-corrected chi connectivity index (χ2v) is 6.69. The van der Waals surface area contributed by atoms with Crippen LogP contribution >= 0.6 is 0 Å². The van der Waals surface area contributed by atoms with E-state index in [1.807, 2.05) is 32.6 Å². The van der Waals surface area contributed by atoms with E-state index in [2.05, 4.69) is 5.23 Å². The van der Waals surface area contributed by atoms with Crippen LogP contribution in [0.2, 0.25) is 0 Å². The van der Waals surface area contributed by atoms with E-state index in [1.165, 1.54) is 0 Å². The van der Waals surface area contributed by atoms with Crippen LogP contribution in [0.1, 0.15) is 60.3 Å². The van der Waals surface area contributed by atoms with E-state index in [1.54, 1.807) is 6.92 Å². The fourth-order valence-electron chi connectivity index (χ4n) is 3.07. The van der Waals surface area contributed by atoms with E-state index in [9.17, 15) is 14.4 Å². The number of nitrogens with zero attached hydrogens (tertiary/aromatic N) is 1. The van der Waals surface area contributed by atoms with Crippen LogP contribution in [0, 0.1) is 0 Å². The zero-order chi connectivity index (χ0) is 17.0. The fourth-order valence-corrected chi connectivity index (χ4v) is 3.07. The van der Waals surface area contributed by atoms with Gasteiger partial charge in [-0.3, -0.25) is 9.69 Å². The summed E-state index contributed by atoms with van der Waals surface area (Å²) in [4.78, 5) is 37.8. The number of hydrogen-bond acceptors (Lipinski definition) is 5. The summed E-state index contributed by atoms with van der Waals surface area (Å²) in [6.07, 6.45) is 4.01. The third-order valence-electron chi connectivity index (χ3n) is 5.50. The summed E-state index contributed by atoms with van der Waals surface area (Å²) in [5.41, 5.74) is -1.27. The van der Waals surface area contributed by atoms with Crippen LogP contribution in [0.5, 0.6) is 0 Å². The number of hydrogen-bond donors (Lipinski definition) is 1. The molecule has 5 nitrogen and oxygen atoms in total. The van der Waals surface area contributed by atoms with Gasteiger partial charge in [-0.1, -0.05) is 13.8 Å². The number of carbonyl (C=O) groups excluding carboxylic acids is 3. The van der Waals surface area contributed by atoms with Gasteiger partial charge in [0.1, 0.15) is 17.8 Å². The molecule has 0 spiro atoms. The van der Waals surface area contributed by atoms with Crippen molar-refractivity contribution in [1.82, 2.24) is 10.1 Å². The first kappa shape index (κ1) is 19.0. The standard InChI is InChI=1S/C16H29BN2O3/c1-6-15(4,12(3)21)18-17-14(22)16(5,7-2)19-10-8-9-13(19)11-20/h11,13,17-18H,6-10H2,1-5H3. The molecule has 124 valence electrons. The Morgan fingerprint density at radius 2 is 1.95 bits per heavy atom. The zero-order valence-corrected chi connectivity index (χ0v) is 14.6. The van der Waals surface area contributed by atoms with Gasteiger partial charge < -0.3 is 14.8 Å². The predicted molar refractivity (Wildman–Crippen MR) is 89.2 cm³/mol. The summed E-state index contributed by atoms with van der Waals surface area (Å²) < 4.78 is 0. The van der Waals surface area contributed by atoms with Crippen LogP contribution in [0.25, 0.3) is 0 Å². The van der Waals surface area contributed by atoms with Gasteiger partial charge in [-0.15, -0.1) is 0 Å². The van der Waals surface area contributed by atoms with Crippen molar-refractivity contribution in [3.8, 4) is 0 Å². The summed E-state index contributed by atoms with van der Waals surface area (Å²) in [7, 11) is 0.149. The number of aldehydes is 1. The fraction of sp³-hybridized carbons (Fsp3) is 0.812. The highest BCUT2D eigenvalue weighted by molar-refractivity contribution is 6.74. The lowest BCUT2D eigenvalue weighted by Gasteiger charge is -2.40. The number of Topliss-reactive ketones (excluding diaryl/α,β-unsaturated/α-hetero) is 1. The lowest BCUT2D eigenvalue weighted by atomic mass is 9.70. The van der Waals surface area contributed by atoms with E-state index in [4.69, 9.17) is 0 Å². The van der Waals surface area contributed by atoms with Gasteiger partial charge in [0.2, 0.25) is 0 Å². The molecule has 3 unspecified atom stereocenters.